The van der Waals surface area contributed by atoms with Gasteiger partial charge in [0.15, 0.2) is 10.9 Å². The van der Waals surface area contributed by atoms with Crippen molar-refractivity contribution in [1.29, 1.82) is 0 Å². The summed E-state index contributed by atoms with van der Waals surface area (Å²) in [5.41, 5.74) is 7.51. The number of ketones is 1. The third-order valence-electron chi connectivity index (χ3n) is 5.47. The molecule has 2 N–H and O–H groups in total. The minimum Gasteiger partial charge on any atom is -0.384 e. The van der Waals surface area contributed by atoms with Crippen LogP contribution in [0.2, 0.25) is 0 Å². The Morgan fingerprint density at radius 1 is 1.00 bits per heavy atom. The Morgan fingerprint density at radius 3 is 2.35 bits per heavy atom. The molecule has 4 rings (SSSR count). The van der Waals surface area contributed by atoms with Crippen LogP contribution in [0.3, 0.4) is 0 Å². The van der Waals surface area contributed by atoms with E-state index in [4.69, 9.17) is 5.73 Å². The maximum atomic E-state index is 13.1. The number of nitrogens with two attached hydrogens (primary N) is 1. The fourth-order valence-corrected chi connectivity index (χ4v) is 4.46. The molecule has 174 valence electrons. The van der Waals surface area contributed by atoms with Gasteiger partial charge in [0.2, 0.25) is 0 Å². The first-order chi connectivity index (χ1) is 16.3. The Labute approximate surface area is 199 Å². The van der Waals surface area contributed by atoms with E-state index in [9.17, 15) is 14.4 Å². The molecule has 0 aliphatic heterocycles. The zero-order valence-electron chi connectivity index (χ0n) is 19.1. The third kappa shape index (κ3) is 4.44. The predicted molar refractivity (Wildman–Crippen MR) is 132 cm³/mol. The summed E-state index contributed by atoms with van der Waals surface area (Å²) in [5, 5.41) is 8.83. The van der Waals surface area contributed by atoms with Crippen molar-refractivity contribution in [2.24, 2.45) is 7.05 Å². The standard InChI is InChI=1S/C24H24N6O3S/c1-15-9-11-18(12-10-15)30-16(2)26-27-23(30)34-14-19(31)20-21(25)29(24(33)28(3)22(20)32)13-17-7-5-4-6-8-17/h4-12H,13-14,25H2,1-3H3. The molecule has 0 fully saturated rings. The summed E-state index contributed by atoms with van der Waals surface area (Å²) in [6.07, 6.45) is 0. The van der Waals surface area contributed by atoms with Crippen molar-refractivity contribution < 1.29 is 4.79 Å². The Balaban J connectivity index is 1.64. The molecule has 0 aliphatic rings. The van der Waals surface area contributed by atoms with Gasteiger partial charge in [-0.25, -0.2) is 4.79 Å². The number of benzene rings is 2. The summed E-state index contributed by atoms with van der Waals surface area (Å²) in [6, 6.07) is 17.1. The summed E-state index contributed by atoms with van der Waals surface area (Å²) >= 11 is 1.16. The normalized spacial score (nSPS) is 11.0. The average molecular weight is 477 g/mol. The number of nitrogen functional groups attached to an aromatic ring is 1. The molecule has 0 bridgehead atoms. The highest BCUT2D eigenvalue weighted by atomic mass is 32.2. The quantitative estimate of drug-likeness (QED) is 0.321. The van der Waals surface area contributed by atoms with Gasteiger partial charge in [-0.15, -0.1) is 10.2 Å². The van der Waals surface area contributed by atoms with Crippen LogP contribution in [0.15, 0.2) is 69.3 Å². The van der Waals surface area contributed by atoms with E-state index in [0.29, 0.717) is 11.0 Å². The SMILES string of the molecule is Cc1ccc(-n2c(C)nnc2SCC(=O)c2c(N)n(Cc3ccccc3)c(=O)n(C)c2=O)cc1. The Kier molecular flexibility index (Phi) is 6.51. The molecule has 0 saturated carbocycles. The molecule has 4 aromatic rings. The van der Waals surface area contributed by atoms with Gasteiger partial charge < -0.3 is 5.73 Å². The lowest BCUT2D eigenvalue weighted by atomic mass is 10.2. The molecule has 0 radical (unpaired) electrons. The molecule has 0 aliphatic carbocycles. The van der Waals surface area contributed by atoms with E-state index >= 15 is 0 Å². The Morgan fingerprint density at radius 2 is 1.68 bits per heavy atom. The van der Waals surface area contributed by atoms with Gasteiger partial charge in [-0.3, -0.25) is 23.3 Å². The number of rotatable bonds is 7. The number of Topliss-reactive ketones (excluding diaryl/α,β-unsaturated/α-hetero) is 1. The van der Waals surface area contributed by atoms with Crippen LogP contribution in [0.25, 0.3) is 5.69 Å². The lowest BCUT2D eigenvalue weighted by Gasteiger charge is -2.14. The number of carbonyl (C=O) groups is 1. The van der Waals surface area contributed by atoms with E-state index in [2.05, 4.69) is 10.2 Å². The van der Waals surface area contributed by atoms with Gasteiger partial charge in [-0.2, -0.15) is 0 Å². The highest BCUT2D eigenvalue weighted by Gasteiger charge is 2.23. The van der Waals surface area contributed by atoms with Gasteiger partial charge in [0, 0.05) is 12.7 Å². The molecular formula is C24H24N6O3S. The fourth-order valence-electron chi connectivity index (χ4n) is 3.59. The number of nitrogens with zero attached hydrogens (tertiary/aromatic N) is 5. The highest BCUT2D eigenvalue weighted by molar-refractivity contribution is 7.99. The van der Waals surface area contributed by atoms with E-state index < -0.39 is 17.0 Å². The lowest BCUT2D eigenvalue weighted by molar-refractivity contribution is 0.102. The second-order valence-corrected chi connectivity index (χ2v) is 8.83. The van der Waals surface area contributed by atoms with E-state index in [-0.39, 0.29) is 23.7 Å². The lowest BCUT2D eigenvalue weighted by Crippen LogP contribution is -2.43. The van der Waals surface area contributed by atoms with Gasteiger partial charge in [0.25, 0.3) is 5.56 Å². The molecule has 2 aromatic heterocycles. The van der Waals surface area contributed by atoms with Gasteiger partial charge in [0.1, 0.15) is 17.2 Å². The van der Waals surface area contributed by atoms with Crippen molar-refractivity contribution in [3.05, 3.63) is 98.0 Å². The number of anilines is 1. The smallest absolute Gasteiger partial charge is 0.332 e. The first-order valence-electron chi connectivity index (χ1n) is 10.6. The van der Waals surface area contributed by atoms with Crippen molar-refractivity contribution in [2.75, 3.05) is 11.5 Å². The summed E-state index contributed by atoms with van der Waals surface area (Å²) in [5.74, 6) is -0.0436. The third-order valence-corrected chi connectivity index (χ3v) is 6.39. The molecule has 0 spiro atoms. The number of thioether (sulfide) groups is 1. The van der Waals surface area contributed by atoms with Crippen LogP contribution in [0.1, 0.15) is 27.3 Å². The minimum atomic E-state index is -0.714. The molecule has 10 heteroatoms. The summed E-state index contributed by atoms with van der Waals surface area (Å²) < 4.78 is 4.00. The van der Waals surface area contributed by atoms with Gasteiger partial charge in [-0.1, -0.05) is 59.8 Å². The molecule has 0 atom stereocenters. The fraction of sp³-hybridized carbons (Fsp3) is 0.208. The molecule has 9 nitrogen and oxygen atoms in total. The zero-order valence-corrected chi connectivity index (χ0v) is 19.9. The van der Waals surface area contributed by atoms with Crippen molar-refractivity contribution in [3.8, 4) is 5.69 Å². The molecule has 2 aromatic carbocycles. The average Bonchev–Trinajstić information content (AvgIpc) is 3.20. The number of aromatic nitrogens is 5. The van der Waals surface area contributed by atoms with E-state index in [1.165, 1.54) is 11.6 Å². The largest absolute Gasteiger partial charge is 0.384 e. The maximum Gasteiger partial charge on any atom is 0.332 e. The number of carbonyl (C=O) groups excluding carboxylic acids is 1. The van der Waals surface area contributed by atoms with Gasteiger partial charge >= 0.3 is 5.69 Å². The van der Waals surface area contributed by atoms with Crippen molar-refractivity contribution in [3.63, 3.8) is 0 Å². The van der Waals surface area contributed by atoms with Crippen LogP contribution >= 0.6 is 11.8 Å². The van der Waals surface area contributed by atoms with Gasteiger partial charge in [0.05, 0.1) is 12.3 Å². The topological polar surface area (TPSA) is 118 Å². The van der Waals surface area contributed by atoms with Gasteiger partial charge in [-0.05, 0) is 31.5 Å². The monoisotopic (exact) mass is 476 g/mol. The number of hydrogen-bond acceptors (Lipinski definition) is 7. The first kappa shape index (κ1) is 23.2. The Bertz CT molecular complexity index is 1470. The molecular weight excluding hydrogens is 452 g/mol. The zero-order chi connectivity index (χ0) is 24.4. The maximum absolute atomic E-state index is 13.1. The summed E-state index contributed by atoms with van der Waals surface area (Å²) in [4.78, 5) is 38.6. The van der Waals surface area contributed by atoms with Crippen LogP contribution in [-0.4, -0.2) is 35.4 Å². The summed E-state index contributed by atoms with van der Waals surface area (Å²) in [6.45, 7) is 3.97. The molecule has 0 unspecified atom stereocenters. The molecule has 0 amide bonds. The summed E-state index contributed by atoms with van der Waals surface area (Å²) in [7, 11) is 1.34. The van der Waals surface area contributed by atoms with Crippen LogP contribution < -0.4 is 17.0 Å². The van der Waals surface area contributed by atoms with E-state index in [0.717, 1.165) is 33.1 Å². The van der Waals surface area contributed by atoms with E-state index in [1.807, 2.05) is 73.0 Å². The van der Waals surface area contributed by atoms with Crippen LogP contribution in [0.5, 0.6) is 0 Å². The Hall–Kier alpha value is -3.92. The first-order valence-corrected chi connectivity index (χ1v) is 11.5. The number of hydrogen-bond donors (Lipinski definition) is 1. The molecule has 2 heterocycles. The second-order valence-electron chi connectivity index (χ2n) is 7.89. The molecule has 34 heavy (non-hydrogen) atoms. The minimum absolute atomic E-state index is 0.0903. The molecule has 0 saturated heterocycles. The second kappa shape index (κ2) is 9.52. The highest BCUT2D eigenvalue weighted by Crippen LogP contribution is 2.23. The van der Waals surface area contributed by atoms with Crippen LogP contribution in [0, 0.1) is 13.8 Å². The van der Waals surface area contributed by atoms with Crippen LogP contribution in [0.4, 0.5) is 5.82 Å². The van der Waals surface area contributed by atoms with Crippen molar-refractivity contribution >= 4 is 23.4 Å². The van der Waals surface area contributed by atoms with Crippen molar-refractivity contribution in [1.82, 2.24) is 23.9 Å². The van der Waals surface area contributed by atoms with E-state index in [1.54, 1.807) is 0 Å². The van der Waals surface area contributed by atoms with Crippen LogP contribution in [-0.2, 0) is 13.6 Å². The van der Waals surface area contributed by atoms with Crippen molar-refractivity contribution in [2.45, 2.75) is 25.5 Å². The predicted octanol–water partition coefficient (Wildman–Crippen LogP) is 2.35. The number of aryl methyl sites for hydroxylation is 2.